The van der Waals surface area contributed by atoms with Crippen LogP contribution in [0.15, 0.2) is 30.6 Å². The molecule has 0 aromatic carbocycles. The maximum atomic E-state index is 11.0. The molecule has 0 aliphatic carbocycles. The second-order valence-corrected chi connectivity index (χ2v) is 3.71. The Hall–Kier alpha value is -2.21. The van der Waals surface area contributed by atoms with Gasteiger partial charge in [0.15, 0.2) is 5.82 Å². The topological polar surface area (TPSA) is 99.8 Å². The molecular weight excluding hydrogens is 218 g/mol. The summed E-state index contributed by atoms with van der Waals surface area (Å²) in [5.41, 5.74) is 12.0. The fraction of sp³-hybridized carbons (Fsp3) is 0.182. The second kappa shape index (κ2) is 4.34. The number of rotatable bonds is 3. The molecular formula is C11H13N5O. The van der Waals surface area contributed by atoms with Crippen LogP contribution in [0.1, 0.15) is 29.0 Å². The molecule has 17 heavy (non-hydrogen) atoms. The van der Waals surface area contributed by atoms with E-state index in [0.717, 1.165) is 5.56 Å². The van der Waals surface area contributed by atoms with Gasteiger partial charge in [-0.1, -0.05) is 6.07 Å². The van der Waals surface area contributed by atoms with Crippen molar-refractivity contribution in [2.24, 2.45) is 11.5 Å². The number of nitrogens with zero attached hydrogens (tertiary/aromatic N) is 3. The van der Waals surface area contributed by atoms with Crippen molar-refractivity contribution in [3.8, 4) is 5.82 Å². The molecule has 0 unspecified atom stereocenters. The summed E-state index contributed by atoms with van der Waals surface area (Å²) in [4.78, 5) is 15.2. The number of hydrogen-bond donors (Lipinski definition) is 2. The lowest BCUT2D eigenvalue weighted by Gasteiger charge is -2.10. The lowest BCUT2D eigenvalue weighted by molar-refractivity contribution is 0.0995. The number of hydrogen-bond acceptors (Lipinski definition) is 4. The molecule has 6 heteroatoms. The van der Waals surface area contributed by atoms with Crippen LogP contribution in [0.25, 0.3) is 5.82 Å². The summed E-state index contributed by atoms with van der Waals surface area (Å²) in [5, 5.41) is 4.05. The highest BCUT2D eigenvalue weighted by molar-refractivity contribution is 5.90. The zero-order valence-electron chi connectivity index (χ0n) is 9.37. The highest BCUT2D eigenvalue weighted by atomic mass is 16.1. The van der Waals surface area contributed by atoms with Crippen molar-refractivity contribution in [3.63, 3.8) is 0 Å². The third-order valence-electron chi connectivity index (χ3n) is 2.37. The first-order valence-electron chi connectivity index (χ1n) is 5.16. The number of carbonyl (C=O) groups is 1. The molecule has 0 radical (unpaired) electrons. The van der Waals surface area contributed by atoms with E-state index in [1.807, 2.05) is 13.0 Å². The summed E-state index contributed by atoms with van der Waals surface area (Å²) in [6, 6.07) is 5.06. The van der Waals surface area contributed by atoms with E-state index < -0.39 is 5.91 Å². The molecule has 2 rings (SSSR count). The molecule has 0 aliphatic heterocycles. The Balaban J connectivity index is 2.48. The van der Waals surface area contributed by atoms with E-state index in [9.17, 15) is 4.79 Å². The maximum Gasteiger partial charge on any atom is 0.269 e. The van der Waals surface area contributed by atoms with Crippen molar-refractivity contribution in [1.82, 2.24) is 14.8 Å². The number of aromatic nitrogens is 3. The van der Waals surface area contributed by atoms with Gasteiger partial charge in [0.1, 0.15) is 5.69 Å². The summed E-state index contributed by atoms with van der Waals surface area (Å²) in [6.07, 6.45) is 3.28. The molecule has 0 saturated heterocycles. The molecule has 6 nitrogen and oxygen atoms in total. The molecule has 1 atom stereocenters. The molecule has 88 valence electrons. The van der Waals surface area contributed by atoms with Crippen LogP contribution in [0.5, 0.6) is 0 Å². The van der Waals surface area contributed by atoms with Gasteiger partial charge in [-0.15, -0.1) is 0 Å². The van der Waals surface area contributed by atoms with Gasteiger partial charge in [-0.05, 0) is 19.1 Å². The van der Waals surface area contributed by atoms with Crippen molar-refractivity contribution >= 4 is 5.91 Å². The molecule has 0 bridgehead atoms. The molecule has 2 aromatic heterocycles. The molecule has 4 N–H and O–H groups in total. The average molecular weight is 231 g/mol. The van der Waals surface area contributed by atoms with Crippen LogP contribution in [-0.2, 0) is 0 Å². The van der Waals surface area contributed by atoms with E-state index in [1.165, 1.54) is 4.68 Å². The minimum atomic E-state index is -0.568. The summed E-state index contributed by atoms with van der Waals surface area (Å²) in [5.74, 6) is 0.0389. The van der Waals surface area contributed by atoms with E-state index in [-0.39, 0.29) is 11.7 Å². The van der Waals surface area contributed by atoms with E-state index >= 15 is 0 Å². The van der Waals surface area contributed by atoms with Gasteiger partial charge in [-0.2, -0.15) is 5.10 Å². The number of amides is 1. The quantitative estimate of drug-likeness (QED) is 0.797. The summed E-state index contributed by atoms with van der Waals surface area (Å²) < 4.78 is 1.50. The van der Waals surface area contributed by atoms with Gasteiger partial charge in [0.05, 0.1) is 0 Å². The summed E-state index contributed by atoms with van der Waals surface area (Å²) in [6.45, 7) is 1.86. The van der Waals surface area contributed by atoms with Crippen LogP contribution in [0.4, 0.5) is 0 Å². The summed E-state index contributed by atoms with van der Waals surface area (Å²) in [7, 11) is 0. The largest absolute Gasteiger partial charge is 0.364 e. The standard InChI is InChI=1S/C11H13N5O/c1-7(12)8-3-2-5-14-11(8)16-6-4-9(15-16)10(13)17/h2-7H,12H2,1H3,(H2,13,17)/t7-/m0/s1. The lowest BCUT2D eigenvalue weighted by atomic mass is 10.1. The minimum Gasteiger partial charge on any atom is -0.364 e. The molecule has 2 aromatic rings. The van der Waals surface area contributed by atoms with Crippen molar-refractivity contribution in [2.75, 3.05) is 0 Å². The normalized spacial score (nSPS) is 12.4. The van der Waals surface area contributed by atoms with Crippen LogP contribution >= 0.6 is 0 Å². The first-order valence-corrected chi connectivity index (χ1v) is 5.16. The Labute approximate surface area is 98.3 Å². The third kappa shape index (κ3) is 2.16. The van der Waals surface area contributed by atoms with E-state index in [2.05, 4.69) is 10.1 Å². The first kappa shape index (κ1) is 11.3. The predicted molar refractivity (Wildman–Crippen MR) is 62.5 cm³/mol. The molecule has 2 heterocycles. The summed E-state index contributed by atoms with van der Waals surface area (Å²) >= 11 is 0. The van der Waals surface area contributed by atoms with Gasteiger partial charge in [-0.25, -0.2) is 9.67 Å². The maximum absolute atomic E-state index is 11.0. The number of primary amides is 1. The van der Waals surface area contributed by atoms with E-state index in [1.54, 1.807) is 24.5 Å². The van der Waals surface area contributed by atoms with Crippen molar-refractivity contribution in [3.05, 3.63) is 41.9 Å². The fourth-order valence-electron chi connectivity index (χ4n) is 1.53. The minimum absolute atomic E-state index is 0.167. The SMILES string of the molecule is C[C@H](N)c1cccnc1-n1ccc(C(N)=O)n1. The monoisotopic (exact) mass is 231 g/mol. The smallest absolute Gasteiger partial charge is 0.269 e. The van der Waals surface area contributed by atoms with Crippen molar-refractivity contribution < 1.29 is 4.79 Å². The Bertz CT molecular complexity index is 546. The molecule has 0 aliphatic rings. The van der Waals surface area contributed by atoms with Gasteiger partial charge in [0.2, 0.25) is 0 Å². The lowest BCUT2D eigenvalue weighted by Crippen LogP contribution is -2.14. The predicted octanol–water partition coefficient (Wildman–Crippen LogP) is 0.386. The van der Waals surface area contributed by atoms with Crippen LogP contribution in [0.3, 0.4) is 0 Å². The average Bonchev–Trinajstić information content (AvgIpc) is 2.78. The van der Waals surface area contributed by atoms with Crippen LogP contribution < -0.4 is 11.5 Å². The van der Waals surface area contributed by atoms with Gasteiger partial charge in [0.25, 0.3) is 5.91 Å². The Morgan fingerprint density at radius 3 is 2.82 bits per heavy atom. The Morgan fingerprint density at radius 1 is 1.47 bits per heavy atom. The van der Waals surface area contributed by atoms with E-state index in [0.29, 0.717) is 5.82 Å². The molecule has 0 fully saturated rings. The third-order valence-corrected chi connectivity index (χ3v) is 2.37. The molecule has 0 spiro atoms. The Morgan fingerprint density at radius 2 is 2.24 bits per heavy atom. The highest BCUT2D eigenvalue weighted by Gasteiger charge is 2.12. The number of pyridine rings is 1. The zero-order chi connectivity index (χ0) is 12.4. The number of carbonyl (C=O) groups excluding carboxylic acids is 1. The van der Waals surface area contributed by atoms with E-state index in [4.69, 9.17) is 11.5 Å². The van der Waals surface area contributed by atoms with Crippen LogP contribution in [-0.4, -0.2) is 20.7 Å². The van der Waals surface area contributed by atoms with Gasteiger partial charge in [-0.3, -0.25) is 4.79 Å². The fourth-order valence-corrected chi connectivity index (χ4v) is 1.53. The zero-order valence-corrected chi connectivity index (χ0v) is 9.37. The van der Waals surface area contributed by atoms with Crippen molar-refractivity contribution in [2.45, 2.75) is 13.0 Å². The molecule has 0 saturated carbocycles. The highest BCUT2D eigenvalue weighted by Crippen LogP contribution is 2.16. The molecule has 1 amide bonds. The second-order valence-electron chi connectivity index (χ2n) is 3.71. The van der Waals surface area contributed by atoms with Gasteiger partial charge >= 0.3 is 0 Å². The van der Waals surface area contributed by atoms with Crippen LogP contribution in [0, 0.1) is 0 Å². The Kier molecular flexibility index (Phi) is 2.88. The number of nitrogens with two attached hydrogens (primary N) is 2. The van der Waals surface area contributed by atoms with Crippen LogP contribution in [0.2, 0.25) is 0 Å². The van der Waals surface area contributed by atoms with Gasteiger partial charge < -0.3 is 11.5 Å². The van der Waals surface area contributed by atoms with Gasteiger partial charge in [0, 0.05) is 24.0 Å². The van der Waals surface area contributed by atoms with Crippen molar-refractivity contribution in [1.29, 1.82) is 0 Å². The first-order chi connectivity index (χ1) is 8.09.